The summed E-state index contributed by atoms with van der Waals surface area (Å²) in [5, 5.41) is 5.95. The van der Waals surface area contributed by atoms with Crippen LogP contribution in [0.3, 0.4) is 0 Å². The number of pyridine rings is 1. The molecule has 0 fully saturated rings. The molecule has 1 aromatic heterocycles. The SMILES string of the molecule is CSc1c(S(N)(=O)=O)cnc2ccccc12. The molecule has 0 atom stereocenters. The average molecular weight is 254 g/mol. The van der Waals surface area contributed by atoms with Crippen LogP contribution in [0.2, 0.25) is 0 Å². The van der Waals surface area contributed by atoms with E-state index >= 15 is 0 Å². The molecule has 0 unspecified atom stereocenters. The van der Waals surface area contributed by atoms with Gasteiger partial charge in [-0.05, 0) is 12.3 Å². The molecule has 0 aliphatic heterocycles. The molecular weight excluding hydrogens is 244 g/mol. The number of thioether (sulfide) groups is 1. The van der Waals surface area contributed by atoms with Gasteiger partial charge in [0.05, 0.1) is 5.52 Å². The van der Waals surface area contributed by atoms with Gasteiger partial charge >= 0.3 is 0 Å². The number of hydrogen-bond acceptors (Lipinski definition) is 4. The molecule has 0 radical (unpaired) electrons. The van der Waals surface area contributed by atoms with Crippen LogP contribution in [0.4, 0.5) is 0 Å². The fraction of sp³-hybridized carbons (Fsp3) is 0.100. The van der Waals surface area contributed by atoms with Gasteiger partial charge in [0.25, 0.3) is 0 Å². The Labute approximate surface area is 97.9 Å². The van der Waals surface area contributed by atoms with E-state index in [2.05, 4.69) is 4.98 Å². The van der Waals surface area contributed by atoms with Gasteiger partial charge in [0.1, 0.15) is 4.90 Å². The Morgan fingerprint density at radius 2 is 2.00 bits per heavy atom. The van der Waals surface area contributed by atoms with E-state index in [1.807, 2.05) is 30.5 Å². The van der Waals surface area contributed by atoms with Gasteiger partial charge in [0.15, 0.2) is 0 Å². The van der Waals surface area contributed by atoms with E-state index < -0.39 is 10.0 Å². The second kappa shape index (κ2) is 4.04. The van der Waals surface area contributed by atoms with Crippen LogP contribution in [-0.4, -0.2) is 19.7 Å². The second-order valence-corrected chi connectivity index (χ2v) is 5.56. The number of fused-ring (bicyclic) bond motifs is 1. The highest BCUT2D eigenvalue weighted by Crippen LogP contribution is 2.30. The summed E-state index contributed by atoms with van der Waals surface area (Å²) in [4.78, 5) is 4.81. The number of primary sulfonamides is 1. The summed E-state index contributed by atoms with van der Waals surface area (Å²) in [5.41, 5.74) is 0.763. The number of hydrogen-bond donors (Lipinski definition) is 1. The Morgan fingerprint density at radius 1 is 1.31 bits per heavy atom. The molecule has 0 spiro atoms. The maximum absolute atomic E-state index is 11.4. The minimum Gasteiger partial charge on any atom is -0.255 e. The van der Waals surface area contributed by atoms with E-state index in [-0.39, 0.29) is 4.90 Å². The Bertz CT molecular complexity index is 638. The molecule has 0 bridgehead atoms. The molecule has 6 heteroatoms. The summed E-state index contributed by atoms with van der Waals surface area (Å²) in [7, 11) is -3.72. The van der Waals surface area contributed by atoms with Crippen molar-refractivity contribution in [3.63, 3.8) is 0 Å². The van der Waals surface area contributed by atoms with Crippen LogP contribution in [0.5, 0.6) is 0 Å². The quantitative estimate of drug-likeness (QED) is 0.826. The highest BCUT2D eigenvalue weighted by molar-refractivity contribution is 7.99. The number of sulfonamides is 1. The van der Waals surface area contributed by atoms with Crippen molar-refractivity contribution < 1.29 is 8.42 Å². The Hall–Kier alpha value is -1.11. The zero-order valence-electron chi connectivity index (χ0n) is 8.54. The lowest BCUT2D eigenvalue weighted by Crippen LogP contribution is -2.13. The summed E-state index contributed by atoms with van der Waals surface area (Å²) in [5.74, 6) is 0. The van der Waals surface area contributed by atoms with Crippen LogP contribution in [-0.2, 0) is 10.0 Å². The van der Waals surface area contributed by atoms with Crippen LogP contribution in [0.25, 0.3) is 10.9 Å². The van der Waals surface area contributed by atoms with Crippen molar-refractivity contribution in [3.05, 3.63) is 30.5 Å². The first-order valence-corrected chi connectivity index (χ1v) is 7.25. The number of nitrogens with two attached hydrogens (primary N) is 1. The highest BCUT2D eigenvalue weighted by Gasteiger charge is 2.16. The molecule has 4 nitrogen and oxygen atoms in total. The van der Waals surface area contributed by atoms with Crippen LogP contribution in [0, 0.1) is 0 Å². The zero-order valence-corrected chi connectivity index (χ0v) is 10.2. The van der Waals surface area contributed by atoms with Gasteiger partial charge in [0.2, 0.25) is 10.0 Å². The third-order valence-electron chi connectivity index (χ3n) is 2.20. The maximum atomic E-state index is 11.4. The molecule has 0 amide bonds. The summed E-state index contributed by atoms with van der Waals surface area (Å²) >= 11 is 1.35. The van der Waals surface area contributed by atoms with E-state index in [9.17, 15) is 8.42 Å². The van der Waals surface area contributed by atoms with Gasteiger partial charge in [-0.3, -0.25) is 4.98 Å². The second-order valence-electron chi connectivity index (χ2n) is 3.22. The molecule has 2 rings (SSSR count). The number of rotatable bonds is 2. The molecule has 0 saturated heterocycles. The predicted octanol–water partition coefficient (Wildman–Crippen LogP) is 1.60. The number of para-hydroxylation sites is 1. The minimum atomic E-state index is -3.72. The topological polar surface area (TPSA) is 73.1 Å². The number of nitrogens with zero attached hydrogens (tertiary/aromatic N) is 1. The van der Waals surface area contributed by atoms with Gasteiger partial charge in [-0.1, -0.05) is 18.2 Å². The minimum absolute atomic E-state index is 0.0821. The molecule has 1 heterocycles. The van der Waals surface area contributed by atoms with E-state index in [0.29, 0.717) is 4.90 Å². The lowest BCUT2D eigenvalue weighted by atomic mass is 10.2. The normalized spacial score (nSPS) is 11.9. The monoisotopic (exact) mass is 254 g/mol. The molecular formula is C10H10N2O2S2. The average Bonchev–Trinajstić information content (AvgIpc) is 2.26. The summed E-state index contributed by atoms with van der Waals surface area (Å²) < 4.78 is 22.8. The Balaban J connectivity index is 2.89. The summed E-state index contributed by atoms with van der Waals surface area (Å²) in [6.45, 7) is 0. The van der Waals surface area contributed by atoms with Gasteiger partial charge in [0, 0.05) is 16.5 Å². The summed E-state index contributed by atoms with van der Waals surface area (Å²) in [6.07, 6.45) is 3.12. The van der Waals surface area contributed by atoms with Crippen LogP contribution in [0.1, 0.15) is 0 Å². The third-order valence-corrected chi connectivity index (χ3v) is 4.10. The Kier molecular flexibility index (Phi) is 2.88. The number of benzene rings is 1. The lowest BCUT2D eigenvalue weighted by Gasteiger charge is -2.07. The number of aromatic nitrogens is 1. The molecule has 16 heavy (non-hydrogen) atoms. The van der Waals surface area contributed by atoms with Crippen LogP contribution < -0.4 is 5.14 Å². The largest absolute Gasteiger partial charge is 0.255 e. The van der Waals surface area contributed by atoms with Crippen molar-refractivity contribution >= 4 is 32.7 Å². The van der Waals surface area contributed by atoms with E-state index in [4.69, 9.17) is 5.14 Å². The van der Waals surface area contributed by atoms with Crippen molar-refractivity contribution in [2.24, 2.45) is 5.14 Å². The maximum Gasteiger partial charge on any atom is 0.240 e. The molecule has 0 saturated carbocycles. The first-order valence-electron chi connectivity index (χ1n) is 4.48. The summed E-state index contributed by atoms with van der Waals surface area (Å²) in [6, 6.07) is 7.37. The van der Waals surface area contributed by atoms with Crippen LogP contribution in [0.15, 0.2) is 40.3 Å². The van der Waals surface area contributed by atoms with E-state index in [1.54, 1.807) is 0 Å². The molecule has 0 aliphatic carbocycles. The predicted molar refractivity (Wildman–Crippen MR) is 64.9 cm³/mol. The van der Waals surface area contributed by atoms with Gasteiger partial charge in [-0.15, -0.1) is 11.8 Å². The Morgan fingerprint density at radius 3 is 2.62 bits per heavy atom. The standard InChI is InChI=1S/C10H10N2O2S2/c1-15-10-7-4-2-3-5-8(7)12-6-9(10)16(11,13)14/h2-6H,1H3,(H2,11,13,14). The van der Waals surface area contributed by atoms with Gasteiger partial charge in [-0.2, -0.15) is 0 Å². The molecule has 2 aromatic rings. The molecule has 2 N–H and O–H groups in total. The first kappa shape index (κ1) is 11.4. The van der Waals surface area contributed by atoms with Crippen molar-refractivity contribution in [3.8, 4) is 0 Å². The fourth-order valence-corrected chi connectivity index (χ4v) is 3.32. The van der Waals surface area contributed by atoms with Crippen molar-refractivity contribution in [1.29, 1.82) is 0 Å². The van der Waals surface area contributed by atoms with Crippen LogP contribution >= 0.6 is 11.8 Å². The molecule has 84 valence electrons. The molecule has 0 aliphatic rings. The highest BCUT2D eigenvalue weighted by atomic mass is 32.2. The van der Waals surface area contributed by atoms with E-state index in [0.717, 1.165) is 10.9 Å². The van der Waals surface area contributed by atoms with E-state index in [1.165, 1.54) is 18.0 Å². The van der Waals surface area contributed by atoms with Crippen molar-refractivity contribution in [2.45, 2.75) is 9.79 Å². The van der Waals surface area contributed by atoms with Gasteiger partial charge in [-0.25, -0.2) is 13.6 Å². The fourth-order valence-electron chi connectivity index (χ4n) is 1.51. The molecule has 1 aromatic carbocycles. The van der Waals surface area contributed by atoms with Gasteiger partial charge < -0.3 is 0 Å². The smallest absolute Gasteiger partial charge is 0.240 e. The van der Waals surface area contributed by atoms with Crippen molar-refractivity contribution in [2.75, 3.05) is 6.26 Å². The first-order chi connectivity index (χ1) is 7.54. The third kappa shape index (κ3) is 1.91. The lowest BCUT2D eigenvalue weighted by molar-refractivity contribution is 0.595. The van der Waals surface area contributed by atoms with Crippen molar-refractivity contribution in [1.82, 2.24) is 4.98 Å². The zero-order chi connectivity index (χ0) is 11.8.